The van der Waals surface area contributed by atoms with Crippen LogP contribution in [0.4, 0.5) is 0 Å². The van der Waals surface area contributed by atoms with Gasteiger partial charge in [0.1, 0.15) is 0 Å². The molecule has 5 heterocycles. The molecule has 2 N–H and O–H groups in total. The minimum atomic E-state index is -0.168. The van der Waals surface area contributed by atoms with E-state index in [0.717, 1.165) is 76.9 Å². The molecule has 188 valence electrons. The van der Waals surface area contributed by atoms with Crippen LogP contribution in [-0.2, 0) is 0 Å². The van der Waals surface area contributed by atoms with Gasteiger partial charge in [0, 0.05) is 40.5 Å². The first kappa shape index (κ1) is 22.6. The average molecular weight is 494 g/mol. The van der Waals surface area contributed by atoms with Gasteiger partial charge in [0.05, 0.1) is 41.4 Å². The molecule has 0 spiro atoms. The number of aromatic nitrogens is 6. The molecule has 7 rings (SSSR count). The van der Waals surface area contributed by atoms with E-state index in [0.29, 0.717) is 12.1 Å². The summed E-state index contributed by atoms with van der Waals surface area (Å²) >= 11 is 0. The van der Waals surface area contributed by atoms with E-state index < -0.39 is 0 Å². The monoisotopic (exact) mass is 493 g/mol. The molecule has 1 aromatic carbocycles. The molecular weight excluding hydrogens is 462 g/mol. The predicted octanol–water partition coefficient (Wildman–Crippen LogP) is 5.02. The molecule has 37 heavy (non-hydrogen) atoms. The van der Waals surface area contributed by atoms with Crippen LogP contribution < -0.4 is 5.32 Å². The Bertz CT molecular complexity index is 1590. The number of nitrogens with one attached hydrogen (secondary N) is 1. The lowest BCUT2D eigenvalue weighted by Gasteiger charge is -2.25. The first-order chi connectivity index (χ1) is 18.1. The quantitative estimate of drug-likeness (QED) is 0.365. The molecule has 1 saturated carbocycles. The predicted molar refractivity (Wildman–Crippen MR) is 143 cm³/mol. The molecular formula is C29H31N7O. The zero-order valence-electron chi connectivity index (χ0n) is 21.0. The van der Waals surface area contributed by atoms with Crippen molar-refractivity contribution < 1.29 is 5.11 Å². The van der Waals surface area contributed by atoms with Crippen molar-refractivity contribution in [1.82, 2.24) is 34.7 Å². The van der Waals surface area contributed by atoms with Crippen LogP contribution >= 0.6 is 0 Å². The van der Waals surface area contributed by atoms with Gasteiger partial charge in [0.2, 0.25) is 0 Å². The molecule has 0 radical (unpaired) electrons. The highest BCUT2D eigenvalue weighted by Crippen LogP contribution is 2.33. The molecule has 5 aromatic rings. The first-order valence-corrected chi connectivity index (χ1v) is 13.3. The molecule has 8 nitrogen and oxygen atoms in total. The summed E-state index contributed by atoms with van der Waals surface area (Å²) in [6, 6.07) is 11.5. The second-order valence-corrected chi connectivity index (χ2v) is 10.5. The zero-order valence-corrected chi connectivity index (χ0v) is 21.0. The average Bonchev–Trinajstić information content (AvgIpc) is 3.69. The number of aliphatic hydroxyl groups is 1. The molecule has 4 aromatic heterocycles. The van der Waals surface area contributed by atoms with Crippen LogP contribution in [0.5, 0.6) is 0 Å². The maximum absolute atomic E-state index is 9.84. The Balaban J connectivity index is 1.24. The van der Waals surface area contributed by atoms with Gasteiger partial charge in [-0.3, -0.25) is 9.67 Å². The van der Waals surface area contributed by atoms with Gasteiger partial charge in [-0.2, -0.15) is 10.2 Å². The Labute approximate surface area is 215 Å². The van der Waals surface area contributed by atoms with E-state index >= 15 is 0 Å². The zero-order chi connectivity index (χ0) is 24.9. The number of imidazole rings is 1. The van der Waals surface area contributed by atoms with Gasteiger partial charge in [-0.1, -0.05) is 12.1 Å². The van der Waals surface area contributed by atoms with E-state index in [1.54, 1.807) is 0 Å². The molecule has 0 amide bonds. The fraction of sp³-hybridized carbons (Fsp3) is 0.379. The lowest BCUT2D eigenvalue weighted by atomic mass is 9.93. The van der Waals surface area contributed by atoms with Crippen LogP contribution in [0.3, 0.4) is 0 Å². The number of fused-ring (bicyclic) bond motifs is 2. The highest BCUT2D eigenvalue weighted by Gasteiger charge is 2.22. The molecule has 1 saturated heterocycles. The third-order valence-electron chi connectivity index (χ3n) is 8.14. The number of benzene rings is 1. The summed E-state index contributed by atoms with van der Waals surface area (Å²) in [6.07, 6.45) is 13.6. The van der Waals surface area contributed by atoms with E-state index in [9.17, 15) is 5.11 Å². The molecule has 2 aliphatic rings. The Morgan fingerprint density at radius 2 is 1.86 bits per heavy atom. The molecule has 1 aliphatic heterocycles. The van der Waals surface area contributed by atoms with Crippen LogP contribution in [0, 0.1) is 6.92 Å². The summed E-state index contributed by atoms with van der Waals surface area (Å²) in [5.74, 6) is 0. The third-order valence-corrected chi connectivity index (χ3v) is 8.14. The Morgan fingerprint density at radius 1 is 0.973 bits per heavy atom. The summed E-state index contributed by atoms with van der Waals surface area (Å²) in [7, 11) is 0. The number of rotatable bonds is 4. The fourth-order valence-electron chi connectivity index (χ4n) is 6.05. The van der Waals surface area contributed by atoms with Crippen LogP contribution in [0.2, 0.25) is 0 Å². The van der Waals surface area contributed by atoms with Gasteiger partial charge in [0.25, 0.3) is 0 Å². The van der Waals surface area contributed by atoms with Crippen LogP contribution in [0.15, 0.2) is 55.1 Å². The maximum atomic E-state index is 9.84. The number of aliphatic hydroxyl groups excluding tert-OH is 1. The standard InChI is InChI=1S/C29H31N7O/c1-18-25(20-15-33-35(17-20)21-5-7-22(37)8-6-21)14-29-32-16-28(36(29)34-18)24-10-12-31-27-13-19(4-9-23(24)27)26-3-2-11-30-26/h4,9-10,12-17,21-22,26,30,37H,2-3,5-8,11H2,1H3. The van der Waals surface area contributed by atoms with E-state index in [1.165, 1.54) is 18.4 Å². The van der Waals surface area contributed by atoms with E-state index in [2.05, 4.69) is 56.6 Å². The summed E-state index contributed by atoms with van der Waals surface area (Å²) in [4.78, 5) is 9.41. The molecule has 0 bridgehead atoms. The van der Waals surface area contributed by atoms with Crippen molar-refractivity contribution in [3.63, 3.8) is 0 Å². The van der Waals surface area contributed by atoms with E-state index in [4.69, 9.17) is 10.1 Å². The SMILES string of the molecule is Cc1nn2c(-c3ccnc4cc(C5CCCN5)ccc34)cnc2cc1-c1cnn(C2CCC(O)CC2)c1. The van der Waals surface area contributed by atoms with Crippen molar-refractivity contribution in [3.05, 3.63) is 66.4 Å². The molecule has 2 fully saturated rings. The number of hydrogen-bond donors (Lipinski definition) is 2. The second-order valence-electron chi connectivity index (χ2n) is 10.5. The summed E-state index contributed by atoms with van der Waals surface area (Å²) < 4.78 is 3.99. The molecule has 8 heteroatoms. The number of pyridine rings is 1. The topological polar surface area (TPSA) is 93.2 Å². The van der Waals surface area contributed by atoms with Crippen LogP contribution in [0.25, 0.3) is 38.9 Å². The van der Waals surface area contributed by atoms with Crippen molar-refractivity contribution in [3.8, 4) is 22.4 Å². The van der Waals surface area contributed by atoms with Gasteiger partial charge in [-0.15, -0.1) is 0 Å². The van der Waals surface area contributed by atoms with E-state index in [1.807, 2.05) is 30.0 Å². The first-order valence-electron chi connectivity index (χ1n) is 13.3. The normalized spacial score (nSPS) is 22.3. The van der Waals surface area contributed by atoms with Crippen molar-refractivity contribution in [1.29, 1.82) is 0 Å². The molecule has 1 aliphatic carbocycles. The van der Waals surface area contributed by atoms with Crippen molar-refractivity contribution in [2.75, 3.05) is 6.54 Å². The summed E-state index contributed by atoms with van der Waals surface area (Å²) in [6.45, 7) is 3.12. The third kappa shape index (κ3) is 4.01. The van der Waals surface area contributed by atoms with E-state index in [-0.39, 0.29) is 6.10 Å². The van der Waals surface area contributed by atoms with Crippen molar-refractivity contribution >= 4 is 16.6 Å². The number of nitrogens with zero attached hydrogens (tertiary/aromatic N) is 6. The van der Waals surface area contributed by atoms with Gasteiger partial charge in [-0.05, 0) is 75.8 Å². The molecule has 1 unspecified atom stereocenters. The van der Waals surface area contributed by atoms with Crippen molar-refractivity contribution in [2.24, 2.45) is 0 Å². The minimum Gasteiger partial charge on any atom is -0.393 e. The summed E-state index contributed by atoms with van der Waals surface area (Å²) in [5, 5.41) is 24.1. The highest BCUT2D eigenvalue weighted by molar-refractivity contribution is 5.94. The Morgan fingerprint density at radius 3 is 2.70 bits per heavy atom. The largest absolute Gasteiger partial charge is 0.393 e. The smallest absolute Gasteiger partial charge is 0.154 e. The number of hydrogen-bond acceptors (Lipinski definition) is 6. The van der Waals surface area contributed by atoms with Gasteiger partial charge in [0.15, 0.2) is 5.65 Å². The van der Waals surface area contributed by atoms with Crippen LogP contribution in [0.1, 0.15) is 61.9 Å². The van der Waals surface area contributed by atoms with Gasteiger partial charge in [-0.25, -0.2) is 9.50 Å². The second kappa shape index (κ2) is 9.04. The minimum absolute atomic E-state index is 0.168. The lowest BCUT2D eigenvalue weighted by molar-refractivity contribution is 0.108. The molecule has 1 atom stereocenters. The highest BCUT2D eigenvalue weighted by atomic mass is 16.3. The van der Waals surface area contributed by atoms with Gasteiger partial charge >= 0.3 is 0 Å². The number of aryl methyl sites for hydroxylation is 1. The Hall–Kier alpha value is -3.62. The fourth-order valence-corrected chi connectivity index (χ4v) is 6.05. The summed E-state index contributed by atoms with van der Waals surface area (Å²) in [5.41, 5.74) is 8.16. The van der Waals surface area contributed by atoms with Crippen molar-refractivity contribution in [2.45, 2.75) is 63.6 Å². The lowest BCUT2D eigenvalue weighted by Crippen LogP contribution is -2.21. The maximum Gasteiger partial charge on any atom is 0.154 e. The van der Waals surface area contributed by atoms with Crippen LogP contribution in [-0.4, -0.2) is 47.1 Å². The Kier molecular flexibility index (Phi) is 5.52. The van der Waals surface area contributed by atoms with Gasteiger partial charge < -0.3 is 10.4 Å².